The Balaban J connectivity index is 2.00. The topological polar surface area (TPSA) is 88.4 Å². The molecule has 37 heavy (non-hydrogen) atoms. The third kappa shape index (κ3) is 5.21. The number of carbonyl (C=O) groups excluding carboxylic acids is 1. The number of carbonyl (C=O) groups is 1. The van der Waals surface area contributed by atoms with Crippen LogP contribution in [0, 0.1) is 0 Å². The van der Waals surface area contributed by atoms with E-state index in [1.807, 2.05) is 18.2 Å². The molecule has 4 rings (SSSR count). The van der Waals surface area contributed by atoms with Crippen LogP contribution in [-0.4, -0.2) is 38.0 Å². The van der Waals surface area contributed by atoms with Crippen molar-refractivity contribution in [3.63, 3.8) is 0 Å². The van der Waals surface area contributed by atoms with E-state index in [4.69, 9.17) is 18.9 Å². The minimum Gasteiger partial charge on any atom is -0.497 e. The number of hydrogen-bond donors (Lipinski definition) is 0. The van der Waals surface area contributed by atoms with Gasteiger partial charge >= 0.3 is 5.97 Å². The molecule has 0 radical (unpaired) electrons. The number of rotatable bonds is 7. The Hall–Kier alpha value is -3.37. The van der Waals surface area contributed by atoms with Crippen molar-refractivity contribution in [2.75, 3.05) is 21.3 Å². The summed E-state index contributed by atoms with van der Waals surface area (Å²) in [5.74, 6) is 1.20. The first-order valence-corrected chi connectivity index (χ1v) is 13.1. The molecule has 0 saturated heterocycles. The number of thiazole rings is 1. The summed E-state index contributed by atoms with van der Waals surface area (Å²) in [7, 11) is 4.69. The molecule has 1 aromatic heterocycles. The molecule has 194 valence electrons. The fraction of sp³-hybridized carbons (Fsp3) is 0.296. The van der Waals surface area contributed by atoms with E-state index in [1.54, 1.807) is 66.4 Å². The molecule has 0 bridgehead atoms. The second-order valence-electron chi connectivity index (χ2n) is 8.53. The van der Waals surface area contributed by atoms with Crippen LogP contribution in [-0.2, 0) is 9.53 Å². The predicted molar refractivity (Wildman–Crippen MR) is 145 cm³/mol. The number of fused-ring (bicyclic) bond motifs is 1. The molecule has 0 spiro atoms. The van der Waals surface area contributed by atoms with E-state index in [0.717, 1.165) is 4.47 Å². The van der Waals surface area contributed by atoms with Crippen LogP contribution in [0.2, 0.25) is 0 Å². The normalized spacial score (nSPS) is 15.4. The fourth-order valence-corrected chi connectivity index (χ4v) is 5.57. The van der Waals surface area contributed by atoms with Crippen molar-refractivity contribution in [3.8, 4) is 17.2 Å². The predicted octanol–water partition coefficient (Wildman–Crippen LogP) is 3.98. The lowest BCUT2D eigenvalue weighted by atomic mass is 9.95. The van der Waals surface area contributed by atoms with Gasteiger partial charge in [-0.1, -0.05) is 27.3 Å². The zero-order valence-corrected chi connectivity index (χ0v) is 23.7. The van der Waals surface area contributed by atoms with Crippen LogP contribution in [0.4, 0.5) is 0 Å². The average Bonchev–Trinajstić information content (AvgIpc) is 3.17. The SMILES string of the molecule is COc1ccc(/C=c2\sc3n(c2=O)[C@H](c2cc(Br)ccc2OC)C(C(=O)OC(C)C)=C(C)N=3)c(OC)c1. The molecule has 0 fully saturated rings. The number of hydrogen-bond acceptors (Lipinski definition) is 8. The summed E-state index contributed by atoms with van der Waals surface area (Å²) in [5, 5.41) is 0. The molecule has 10 heteroatoms. The van der Waals surface area contributed by atoms with Crippen LogP contribution in [0.1, 0.15) is 37.9 Å². The zero-order chi connectivity index (χ0) is 26.9. The summed E-state index contributed by atoms with van der Waals surface area (Å²) in [4.78, 5) is 32.3. The lowest BCUT2D eigenvalue weighted by Crippen LogP contribution is -2.40. The molecule has 0 unspecified atom stereocenters. The lowest BCUT2D eigenvalue weighted by molar-refractivity contribution is -0.143. The smallest absolute Gasteiger partial charge is 0.338 e. The monoisotopic (exact) mass is 586 g/mol. The summed E-state index contributed by atoms with van der Waals surface area (Å²) in [6.07, 6.45) is 1.41. The molecule has 8 nitrogen and oxygen atoms in total. The minimum absolute atomic E-state index is 0.283. The van der Waals surface area contributed by atoms with E-state index in [1.165, 1.54) is 15.9 Å². The number of nitrogens with zero attached hydrogens (tertiary/aromatic N) is 2. The quantitative estimate of drug-likeness (QED) is 0.389. The largest absolute Gasteiger partial charge is 0.497 e. The van der Waals surface area contributed by atoms with Crippen LogP contribution in [0.3, 0.4) is 0 Å². The Bertz CT molecular complexity index is 1570. The maximum atomic E-state index is 13.9. The highest BCUT2D eigenvalue weighted by atomic mass is 79.9. The summed E-state index contributed by atoms with van der Waals surface area (Å²) >= 11 is 4.75. The number of methoxy groups -OCH3 is 3. The Morgan fingerprint density at radius 3 is 2.46 bits per heavy atom. The number of ether oxygens (including phenoxy) is 4. The van der Waals surface area contributed by atoms with Crippen LogP contribution < -0.4 is 29.1 Å². The van der Waals surface area contributed by atoms with Gasteiger partial charge in [0.1, 0.15) is 23.3 Å². The molecule has 1 atom stereocenters. The van der Waals surface area contributed by atoms with Crippen LogP contribution in [0.25, 0.3) is 6.08 Å². The van der Waals surface area contributed by atoms with Crippen molar-refractivity contribution in [2.24, 2.45) is 4.99 Å². The first-order chi connectivity index (χ1) is 17.7. The van der Waals surface area contributed by atoms with Crippen molar-refractivity contribution >= 4 is 39.3 Å². The van der Waals surface area contributed by atoms with Gasteiger partial charge in [-0.05, 0) is 57.2 Å². The standard InChI is InChI=1S/C27H27BrN2O6S/c1-14(2)36-26(32)23-15(3)29-27-30(24(23)19-12-17(28)8-10-20(19)34-5)25(31)22(37-27)11-16-7-9-18(33-4)13-21(16)35-6/h7-14,24H,1-6H3/b22-11-/t24-/m1/s1. The van der Waals surface area contributed by atoms with Gasteiger partial charge in [-0.25, -0.2) is 9.79 Å². The van der Waals surface area contributed by atoms with Gasteiger partial charge in [-0.2, -0.15) is 0 Å². The first-order valence-electron chi connectivity index (χ1n) is 11.5. The number of halogens is 1. The van der Waals surface area contributed by atoms with Gasteiger partial charge in [0.15, 0.2) is 4.80 Å². The number of esters is 1. The summed E-state index contributed by atoms with van der Waals surface area (Å²) in [5.41, 5.74) is 1.81. The molecule has 0 amide bonds. The highest BCUT2D eigenvalue weighted by molar-refractivity contribution is 9.10. The van der Waals surface area contributed by atoms with Gasteiger partial charge in [0.25, 0.3) is 5.56 Å². The summed E-state index contributed by atoms with van der Waals surface area (Å²) in [6, 6.07) is 10.0. The van der Waals surface area contributed by atoms with Crippen LogP contribution >= 0.6 is 27.3 Å². The summed E-state index contributed by atoms with van der Waals surface area (Å²) < 4.78 is 24.7. The van der Waals surface area contributed by atoms with Crippen LogP contribution in [0.15, 0.2) is 61.9 Å². The maximum Gasteiger partial charge on any atom is 0.338 e. The van der Waals surface area contributed by atoms with E-state index in [-0.39, 0.29) is 17.2 Å². The van der Waals surface area contributed by atoms with Crippen molar-refractivity contribution in [1.29, 1.82) is 0 Å². The van der Waals surface area contributed by atoms with Gasteiger partial charge in [0.05, 0.1) is 43.2 Å². The summed E-state index contributed by atoms with van der Waals surface area (Å²) in [6.45, 7) is 5.30. The Morgan fingerprint density at radius 1 is 1.08 bits per heavy atom. The molecule has 2 heterocycles. The van der Waals surface area contributed by atoms with Gasteiger partial charge in [-0.15, -0.1) is 0 Å². The lowest BCUT2D eigenvalue weighted by Gasteiger charge is -2.26. The molecule has 0 N–H and O–H groups in total. The molecule has 2 aromatic carbocycles. The van der Waals surface area contributed by atoms with E-state index in [0.29, 0.717) is 43.4 Å². The number of allylic oxidation sites excluding steroid dienone is 1. The maximum absolute atomic E-state index is 13.9. The molecular weight excluding hydrogens is 560 g/mol. The van der Waals surface area contributed by atoms with E-state index in [2.05, 4.69) is 20.9 Å². The molecule has 1 aliphatic rings. The molecular formula is C27H27BrN2O6S. The third-order valence-electron chi connectivity index (χ3n) is 5.80. The Morgan fingerprint density at radius 2 is 1.81 bits per heavy atom. The van der Waals surface area contributed by atoms with Crippen LogP contribution in [0.5, 0.6) is 17.2 Å². The van der Waals surface area contributed by atoms with Gasteiger partial charge in [-0.3, -0.25) is 9.36 Å². The van der Waals surface area contributed by atoms with Crippen molar-refractivity contribution < 1.29 is 23.7 Å². The fourth-order valence-electron chi connectivity index (χ4n) is 4.15. The van der Waals surface area contributed by atoms with Gasteiger partial charge in [0, 0.05) is 21.7 Å². The second-order valence-corrected chi connectivity index (χ2v) is 10.5. The molecule has 3 aromatic rings. The number of aromatic nitrogens is 1. The van der Waals surface area contributed by atoms with Crippen molar-refractivity contribution in [3.05, 3.63) is 83.0 Å². The highest BCUT2D eigenvalue weighted by Crippen LogP contribution is 2.37. The highest BCUT2D eigenvalue weighted by Gasteiger charge is 2.35. The first kappa shape index (κ1) is 26.7. The van der Waals surface area contributed by atoms with E-state index >= 15 is 0 Å². The van der Waals surface area contributed by atoms with E-state index in [9.17, 15) is 9.59 Å². The second kappa shape index (κ2) is 10.9. The molecule has 1 aliphatic heterocycles. The van der Waals surface area contributed by atoms with E-state index < -0.39 is 12.0 Å². The third-order valence-corrected chi connectivity index (χ3v) is 7.27. The molecule has 0 saturated carbocycles. The minimum atomic E-state index is -0.796. The Labute approximate surface area is 226 Å². The molecule has 0 aliphatic carbocycles. The van der Waals surface area contributed by atoms with Gasteiger partial charge < -0.3 is 18.9 Å². The Kier molecular flexibility index (Phi) is 7.89. The average molecular weight is 587 g/mol. The van der Waals surface area contributed by atoms with Gasteiger partial charge in [0.2, 0.25) is 0 Å². The van der Waals surface area contributed by atoms with Crippen molar-refractivity contribution in [2.45, 2.75) is 32.9 Å². The zero-order valence-electron chi connectivity index (χ0n) is 21.3. The van der Waals surface area contributed by atoms with Crippen molar-refractivity contribution in [1.82, 2.24) is 4.57 Å². The number of benzene rings is 2.